The van der Waals surface area contributed by atoms with E-state index < -0.39 is 29.0 Å². The van der Waals surface area contributed by atoms with E-state index in [0.29, 0.717) is 61.5 Å². The Morgan fingerprint density at radius 2 is 1.79 bits per heavy atom. The maximum atomic E-state index is 13.0. The number of sulfonamides is 1. The number of morpholine rings is 1. The van der Waals surface area contributed by atoms with Gasteiger partial charge < -0.3 is 19.2 Å². The quantitative estimate of drug-likeness (QED) is 0.275. The van der Waals surface area contributed by atoms with Gasteiger partial charge in [-0.05, 0) is 53.5 Å². The second kappa shape index (κ2) is 12.1. The van der Waals surface area contributed by atoms with E-state index >= 15 is 0 Å². The molecule has 1 fully saturated rings. The smallest absolute Gasteiger partial charge is 0.461 e. The Labute approximate surface area is 224 Å². The van der Waals surface area contributed by atoms with Crippen LogP contribution in [0.4, 0.5) is 0 Å². The summed E-state index contributed by atoms with van der Waals surface area (Å²) in [6.45, 7) is 7.35. The van der Waals surface area contributed by atoms with Gasteiger partial charge in [0.1, 0.15) is 6.61 Å². The van der Waals surface area contributed by atoms with Crippen LogP contribution in [0, 0.1) is 18.8 Å². The normalized spacial score (nSPS) is 16.9. The molecule has 2 aromatic rings. The molecule has 2 aliphatic heterocycles. The molecule has 2 heterocycles. The lowest BCUT2D eigenvalue weighted by atomic mass is 9.74. The summed E-state index contributed by atoms with van der Waals surface area (Å²) in [6.07, 6.45) is 0.504. The molecule has 0 saturated carbocycles. The number of carbonyl (C=O) groups is 2. The van der Waals surface area contributed by atoms with Gasteiger partial charge in [0, 0.05) is 25.1 Å². The molecule has 1 atom stereocenters. The van der Waals surface area contributed by atoms with E-state index in [9.17, 15) is 23.0 Å². The molecule has 0 unspecified atom stereocenters. The van der Waals surface area contributed by atoms with Gasteiger partial charge in [0.25, 0.3) is 0 Å². The number of rotatable bonds is 10. The molecule has 1 N–H and O–H groups in total. The number of benzene rings is 2. The van der Waals surface area contributed by atoms with Crippen molar-refractivity contribution in [1.29, 1.82) is 0 Å². The highest BCUT2D eigenvalue weighted by atomic mass is 32.2. The molecule has 0 aliphatic carbocycles. The molecule has 204 valence electrons. The SMILES string of the molecule is Cc1c(C(=O)CC[C@H](C(=O)OCc2ccc(S(=O)(=O)N3CCOCC3)cc2)C(C)C)ccc2c1B(O)OC2. The summed E-state index contributed by atoms with van der Waals surface area (Å²) in [5, 5.41) is 10.1. The van der Waals surface area contributed by atoms with Crippen LogP contribution in [-0.4, -0.2) is 62.9 Å². The summed E-state index contributed by atoms with van der Waals surface area (Å²) in [5.74, 6) is -0.997. The first kappa shape index (κ1) is 28.4. The van der Waals surface area contributed by atoms with Crippen molar-refractivity contribution in [1.82, 2.24) is 4.31 Å². The van der Waals surface area contributed by atoms with Crippen molar-refractivity contribution in [3.05, 3.63) is 58.7 Å². The van der Waals surface area contributed by atoms with E-state index in [1.807, 2.05) is 13.8 Å². The van der Waals surface area contributed by atoms with Crippen LogP contribution in [-0.2, 0) is 42.2 Å². The summed E-state index contributed by atoms with van der Waals surface area (Å²) in [5.41, 5.74) is 3.44. The maximum Gasteiger partial charge on any atom is 0.492 e. The van der Waals surface area contributed by atoms with Crippen LogP contribution in [0.5, 0.6) is 0 Å². The monoisotopic (exact) mass is 543 g/mol. The van der Waals surface area contributed by atoms with E-state index in [-0.39, 0.29) is 29.6 Å². The van der Waals surface area contributed by atoms with E-state index in [0.717, 1.165) is 5.56 Å². The lowest BCUT2D eigenvalue weighted by molar-refractivity contribution is -0.151. The second-order valence-electron chi connectivity index (χ2n) is 10.1. The Balaban J connectivity index is 1.34. The third-order valence-corrected chi connectivity index (χ3v) is 9.16. The molecule has 11 heteroatoms. The fraction of sp³-hybridized carbons (Fsp3) is 0.481. The molecule has 0 bridgehead atoms. The predicted molar refractivity (Wildman–Crippen MR) is 141 cm³/mol. The zero-order valence-electron chi connectivity index (χ0n) is 22.0. The lowest BCUT2D eigenvalue weighted by Crippen LogP contribution is -2.40. The van der Waals surface area contributed by atoms with Crippen molar-refractivity contribution in [3.8, 4) is 0 Å². The molecule has 4 rings (SSSR count). The fourth-order valence-corrected chi connectivity index (χ4v) is 6.32. The van der Waals surface area contributed by atoms with Crippen molar-refractivity contribution in [2.24, 2.45) is 11.8 Å². The Morgan fingerprint density at radius 3 is 2.45 bits per heavy atom. The summed E-state index contributed by atoms with van der Waals surface area (Å²) in [6, 6.07) is 9.88. The molecule has 2 aromatic carbocycles. The van der Waals surface area contributed by atoms with Crippen molar-refractivity contribution < 1.29 is 37.2 Å². The molecule has 0 amide bonds. The van der Waals surface area contributed by atoms with Crippen LogP contribution >= 0.6 is 0 Å². The molecule has 38 heavy (non-hydrogen) atoms. The molecule has 0 radical (unpaired) electrons. The van der Waals surface area contributed by atoms with Crippen molar-refractivity contribution in [2.75, 3.05) is 26.3 Å². The average Bonchev–Trinajstić information content (AvgIpc) is 3.29. The van der Waals surface area contributed by atoms with Gasteiger partial charge in [0.05, 0.1) is 30.6 Å². The van der Waals surface area contributed by atoms with Gasteiger partial charge in [-0.3, -0.25) is 9.59 Å². The third-order valence-electron chi connectivity index (χ3n) is 7.25. The number of nitrogens with zero attached hydrogens (tertiary/aromatic N) is 1. The molecule has 2 aliphatic rings. The molecule has 1 saturated heterocycles. The van der Waals surface area contributed by atoms with Crippen LogP contribution in [0.1, 0.15) is 53.7 Å². The minimum atomic E-state index is -3.59. The van der Waals surface area contributed by atoms with Gasteiger partial charge in [-0.25, -0.2) is 8.42 Å². The van der Waals surface area contributed by atoms with E-state index in [2.05, 4.69) is 0 Å². The number of ether oxygens (including phenoxy) is 2. The summed E-state index contributed by atoms with van der Waals surface area (Å²) < 4.78 is 43.0. The molecule has 0 spiro atoms. The Morgan fingerprint density at radius 1 is 1.11 bits per heavy atom. The van der Waals surface area contributed by atoms with Crippen LogP contribution in [0.2, 0.25) is 0 Å². The van der Waals surface area contributed by atoms with Crippen molar-refractivity contribution in [3.63, 3.8) is 0 Å². The third kappa shape index (κ3) is 6.18. The van der Waals surface area contributed by atoms with Gasteiger partial charge >= 0.3 is 13.1 Å². The first-order valence-electron chi connectivity index (χ1n) is 12.9. The number of carbonyl (C=O) groups excluding carboxylic acids is 2. The number of esters is 1. The number of fused-ring (bicyclic) bond motifs is 1. The summed E-state index contributed by atoms with van der Waals surface area (Å²) in [4.78, 5) is 26.1. The first-order valence-corrected chi connectivity index (χ1v) is 14.3. The largest absolute Gasteiger partial charge is 0.492 e. The highest BCUT2D eigenvalue weighted by Crippen LogP contribution is 2.24. The average molecular weight is 543 g/mol. The lowest BCUT2D eigenvalue weighted by Gasteiger charge is -2.26. The van der Waals surface area contributed by atoms with Crippen LogP contribution in [0.15, 0.2) is 41.3 Å². The van der Waals surface area contributed by atoms with Crippen LogP contribution < -0.4 is 5.46 Å². The molecular weight excluding hydrogens is 509 g/mol. The van der Waals surface area contributed by atoms with Crippen molar-refractivity contribution in [2.45, 2.75) is 51.7 Å². The fourth-order valence-electron chi connectivity index (χ4n) is 4.91. The first-order chi connectivity index (χ1) is 18.1. The Hall–Kier alpha value is -2.57. The Bertz CT molecular complexity index is 1270. The van der Waals surface area contributed by atoms with Crippen LogP contribution in [0.3, 0.4) is 0 Å². The highest BCUT2D eigenvalue weighted by Gasteiger charge is 2.32. The second-order valence-corrected chi connectivity index (χ2v) is 12.0. The van der Waals surface area contributed by atoms with Gasteiger partial charge in [0.15, 0.2) is 5.78 Å². The standard InChI is InChI=1S/C27H34BNO8S/c1-18(2)23(10-11-25(30)24-9-6-21-17-37-28(32)26(21)19(24)3)27(31)36-16-20-4-7-22(8-5-20)38(33,34)29-12-14-35-15-13-29/h4-9,18,23,32H,10-17H2,1-3H3/t23-/m0/s1. The topological polar surface area (TPSA) is 119 Å². The van der Waals surface area contributed by atoms with Crippen molar-refractivity contribution >= 4 is 34.4 Å². The van der Waals surface area contributed by atoms with Gasteiger partial charge in [-0.15, -0.1) is 0 Å². The number of Topliss-reactive ketones (excluding diaryl/α,β-unsaturated/α-hetero) is 1. The Kier molecular flexibility index (Phi) is 9.05. The zero-order chi connectivity index (χ0) is 27.4. The zero-order valence-corrected chi connectivity index (χ0v) is 22.8. The summed E-state index contributed by atoms with van der Waals surface area (Å²) >= 11 is 0. The molecule has 9 nitrogen and oxygen atoms in total. The van der Waals surface area contributed by atoms with Gasteiger partial charge in [-0.2, -0.15) is 4.31 Å². The van der Waals surface area contributed by atoms with Crippen LogP contribution in [0.25, 0.3) is 0 Å². The predicted octanol–water partition coefficient (Wildman–Crippen LogP) is 2.21. The minimum Gasteiger partial charge on any atom is -0.461 e. The number of ketones is 1. The molecular formula is C27H34BNO8S. The number of hydrogen-bond acceptors (Lipinski definition) is 8. The molecule has 0 aromatic heterocycles. The van der Waals surface area contributed by atoms with Gasteiger partial charge in [-0.1, -0.05) is 38.1 Å². The minimum absolute atomic E-state index is 0.00962. The summed E-state index contributed by atoms with van der Waals surface area (Å²) in [7, 11) is -4.61. The van der Waals surface area contributed by atoms with Gasteiger partial charge in [0.2, 0.25) is 10.0 Å². The number of hydrogen-bond donors (Lipinski definition) is 1. The maximum absolute atomic E-state index is 13.0. The van der Waals surface area contributed by atoms with E-state index in [1.54, 1.807) is 31.2 Å². The van der Waals surface area contributed by atoms with E-state index in [1.165, 1.54) is 16.4 Å². The highest BCUT2D eigenvalue weighted by molar-refractivity contribution is 7.89. The van der Waals surface area contributed by atoms with E-state index in [4.69, 9.17) is 14.1 Å².